The lowest BCUT2D eigenvalue weighted by atomic mass is 9.81. The van der Waals surface area contributed by atoms with Crippen LogP contribution in [0, 0.1) is 0 Å². The van der Waals surface area contributed by atoms with Gasteiger partial charge in [0.15, 0.2) is 0 Å². The van der Waals surface area contributed by atoms with Gasteiger partial charge in [0.25, 0.3) is 0 Å². The summed E-state index contributed by atoms with van der Waals surface area (Å²) in [6.07, 6.45) is -8.96. The topological polar surface area (TPSA) is 86.6 Å². The Morgan fingerprint density at radius 3 is 1.81 bits per heavy atom. The SMILES string of the molecule is O=S(=O)(N[C@H]1CC[C@H](c2ccc(O)cc2O)CC1)c1cc(C(F)(F)F)cc(C(F)(F)F)c1. The van der Waals surface area contributed by atoms with E-state index in [2.05, 4.69) is 4.72 Å². The molecule has 32 heavy (non-hydrogen) atoms. The standard InChI is InChI=1S/C20H19F6NO4S/c21-19(22,23)12-7-13(20(24,25)26)9-16(8-12)32(30,31)27-14-3-1-11(2-4-14)17-6-5-15(28)10-18(17)29/h5-11,14,27-29H,1-4H2/t11-,14-. The first-order valence-electron chi connectivity index (χ1n) is 9.50. The summed E-state index contributed by atoms with van der Waals surface area (Å²) in [5, 5.41) is 19.3. The first-order chi connectivity index (χ1) is 14.7. The van der Waals surface area contributed by atoms with Gasteiger partial charge in [0.05, 0.1) is 16.0 Å². The molecule has 1 aliphatic rings. The first kappa shape index (κ1) is 24.2. The van der Waals surface area contributed by atoms with Crippen LogP contribution in [0.15, 0.2) is 41.3 Å². The van der Waals surface area contributed by atoms with Crippen LogP contribution in [0.2, 0.25) is 0 Å². The molecule has 12 heteroatoms. The number of nitrogens with one attached hydrogen (secondary N) is 1. The summed E-state index contributed by atoms with van der Waals surface area (Å²) in [6, 6.07) is 3.65. The predicted molar refractivity (Wildman–Crippen MR) is 102 cm³/mol. The number of benzene rings is 2. The van der Waals surface area contributed by atoms with Crippen LogP contribution in [-0.4, -0.2) is 24.7 Å². The van der Waals surface area contributed by atoms with E-state index < -0.39 is 44.4 Å². The van der Waals surface area contributed by atoms with Crippen molar-refractivity contribution in [2.24, 2.45) is 0 Å². The zero-order valence-corrected chi connectivity index (χ0v) is 17.2. The third-order valence-corrected chi connectivity index (χ3v) is 6.87. The second kappa shape index (κ2) is 8.47. The molecule has 2 aromatic rings. The number of hydrogen-bond acceptors (Lipinski definition) is 4. The lowest BCUT2D eigenvalue weighted by Crippen LogP contribution is -2.37. The summed E-state index contributed by atoms with van der Waals surface area (Å²) in [7, 11) is -4.65. The van der Waals surface area contributed by atoms with Gasteiger partial charge in [-0.05, 0) is 61.4 Å². The number of hydrogen-bond donors (Lipinski definition) is 3. The fraction of sp³-hybridized carbons (Fsp3) is 0.400. The highest BCUT2D eigenvalue weighted by atomic mass is 32.2. The predicted octanol–water partition coefficient (Wildman–Crippen LogP) is 5.14. The van der Waals surface area contributed by atoms with Gasteiger partial charge in [-0.1, -0.05) is 6.07 Å². The number of rotatable bonds is 4. The van der Waals surface area contributed by atoms with Crippen molar-refractivity contribution in [3.05, 3.63) is 53.1 Å². The maximum Gasteiger partial charge on any atom is 0.416 e. The summed E-state index contributed by atoms with van der Waals surface area (Å²) >= 11 is 0. The number of aromatic hydroxyl groups is 2. The van der Waals surface area contributed by atoms with Crippen molar-refractivity contribution in [1.82, 2.24) is 4.72 Å². The molecule has 0 unspecified atom stereocenters. The first-order valence-corrected chi connectivity index (χ1v) is 11.0. The van der Waals surface area contributed by atoms with Gasteiger partial charge in [-0.15, -0.1) is 0 Å². The average molecular weight is 483 g/mol. The molecule has 0 saturated heterocycles. The van der Waals surface area contributed by atoms with Crippen molar-refractivity contribution in [2.45, 2.75) is 54.9 Å². The molecule has 3 N–H and O–H groups in total. The minimum atomic E-state index is -5.16. The smallest absolute Gasteiger partial charge is 0.416 e. The van der Waals surface area contributed by atoms with Crippen LogP contribution in [0.4, 0.5) is 26.3 Å². The Hall–Kier alpha value is -2.47. The highest BCUT2D eigenvalue weighted by Gasteiger charge is 2.38. The Balaban J connectivity index is 1.78. The van der Waals surface area contributed by atoms with Gasteiger partial charge in [0.2, 0.25) is 10.0 Å². The summed E-state index contributed by atoms with van der Waals surface area (Å²) in [6.45, 7) is 0. The lowest BCUT2D eigenvalue weighted by molar-refractivity contribution is -0.143. The van der Waals surface area contributed by atoms with E-state index in [0.29, 0.717) is 18.4 Å². The molecule has 2 aromatic carbocycles. The van der Waals surface area contributed by atoms with Gasteiger partial charge >= 0.3 is 12.4 Å². The molecular formula is C20H19F6NO4S. The summed E-state index contributed by atoms with van der Waals surface area (Å²) < 4.78 is 106. The maximum atomic E-state index is 13.0. The van der Waals surface area contributed by atoms with E-state index in [1.54, 1.807) is 6.07 Å². The van der Waals surface area contributed by atoms with E-state index in [4.69, 9.17) is 0 Å². The number of sulfonamides is 1. The minimum Gasteiger partial charge on any atom is -0.508 e. The Labute approximate surface area is 179 Å². The molecule has 0 radical (unpaired) electrons. The second-order valence-corrected chi connectivity index (χ2v) is 9.37. The summed E-state index contributed by atoms with van der Waals surface area (Å²) in [4.78, 5) is -1.11. The van der Waals surface area contributed by atoms with E-state index in [1.165, 1.54) is 12.1 Å². The molecule has 176 valence electrons. The van der Waals surface area contributed by atoms with Crippen LogP contribution in [-0.2, 0) is 22.4 Å². The Kier molecular flexibility index (Phi) is 6.40. The minimum absolute atomic E-state index is 0.113. The normalized spacial score (nSPS) is 20.3. The van der Waals surface area contributed by atoms with Crippen molar-refractivity contribution in [1.29, 1.82) is 0 Å². The molecule has 0 aromatic heterocycles. The van der Waals surface area contributed by atoms with Crippen LogP contribution in [0.5, 0.6) is 11.5 Å². The Bertz CT molecular complexity index is 1060. The van der Waals surface area contributed by atoms with E-state index >= 15 is 0 Å². The summed E-state index contributed by atoms with van der Waals surface area (Å²) in [5.74, 6) is -0.369. The Morgan fingerprint density at radius 2 is 1.34 bits per heavy atom. The van der Waals surface area contributed by atoms with Crippen LogP contribution in [0.25, 0.3) is 0 Å². The summed E-state index contributed by atoms with van der Waals surface area (Å²) in [5.41, 5.74) is -2.85. The van der Waals surface area contributed by atoms with Crippen molar-refractivity contribution < 1.29 is 45.0 Å². The maximum absolute atomic E-state index is 13.0. The molecule has 5 nitrogen and oxygen atoms in total. The molecule has 0 bridgehead atoms. The van der Waals surface area contributed by atoms with Crippen LogP contribution in [0.1, 0.15) is 48.3 Å². The van der Waals surface area contributed by atoms with Crippen molar-refractivity contribution in [3.8, 4) is 11.5 Å². The molecule has 1 saturated carbocycles. The molecule has 0 atom stereocenters. The van der Waals surface area contributed by atoms with Crippen LogP contribution >= 0.6 is 0 Å². The molecule has 1 fully saturated rings. The van der Waals surface area contributed by atoms with E-state index in [1.807, 2.05) is 0 Å². The van der Waals surface area contributed by atoms with Crippen molar-refractivity contribution in [2.75, 3.05) is 0 Å². The number of phenolic OH excluding ortho intramolecular Hbond substituents is 2. The second-order valence-electron chi connectivity index (χ2n) is 7.65. The van der Waals surface area contributed by atoms with Gasteiger partial charge in [0.1, 0.15) is 11.5 Å². The van der Waals surface area contributed by atoms with Crippen molar-refractivity contribution in [3.63, 3.8) is 0 Å². The monoisotopic (exact) mass is 483 g/mol. The van der Waals surface area contributed by atoms with Crippen LogP contribution in [0.3, 0.4) is 0 Å². The fourth-order valence-electron chi connectivity index (χ4n) is 3.77. The molecule has 0 spiro atoms. The van der Waals surface area contributed by atoms with Gasteiger partial charge in [-0.2, -0.15) is 26.3 Å². The number of halogens is 6. The van der Waals surface area contributed by atoms with Gasteiger partial charge in [0, 0.05) is 12.1 Å². The molecular weight excluding hydrogens is 464 g/mol. The zero-order valence-electron chi connectivity index (χ0n) is 16.3. The molecule has 0 aliphatic heterocycles. The van der Waals surface area contributed by atoms with Gasteiger partial charge in [-0.3, -0.25) is 0 Å². The molecule has 0 heterocycles. The van der Waals surface area contributed by atoms with Gasteiger partial charge in [-0.25, -0.2) is 13.1 Å². The third-order valence-electron chi connectivity index (χ3n) is 5.37. The molecule has 0 amide bonds. The third kappa shape index (κ3) is 5.47. The molecule has 1 aliphatic carbocycles. The fourth-order valence-corrected chi connectivity index (χ4v) is 5.14. The van der Waals surface area contributed by atoms with Gasteiger partial charge < -0.3 is 10.2 Å². The van der Waals surface area contributed by atoms with E-state index in [0.717, 1.165) is 0 Å². The number of alkyl halides is 6. The Morgan fingerprint density at radius 1 is 0.812 bits per heavy atom. The average Bonchev–Trinajstić information content (AvgIpc) is 2.67. The van der Waals surface area contributed by atoms with E-state index in [-0.39, 0.29) is 48.5 Å². The zero-order chi connectivity index (χ0) is 23.9. The highest BCUT2D eigenvalue weighted by molar-refractivity contribution is 7.89. The van der Waals surface area contributed by atoms with Crippen LogP contribution < -0.4 is 4.72 Å². The highest BCUT2D eigenvalue weighted by Crippen LogP contribution is 2.40. The van der Waals surface area contributed by atoms with E-state index in [9.17, 15) is 45.0 Å². The largest absolute Gasteiger partial charge is 0.508 e. The quantitative estimate of drug-likeness (QED) is 0.526. The van der Waals surface area contributed by atoms with Crippen molar-refractivity contribution >= 4 is 10.0 Å². The lowest BCUT2D eigenvalue weighted by Gasteiger charge is -2.29. The number of phenols is 2. The molecule has 3 rings (SSSR count).